The van der Waals surface area contributed by atoms with Gasteiger partial charge in [-0.1, -0.05) is 42.8 Å². The molecule has 1 heterocycles. The van der Waals surface area contributed by atoms with Crippen molar-refractivity contribution in [2.75, 3.05) is 0 Å². The van der Waals surface area contributed by atoms with Gasteiger partial charge in [-0.25, -0.2) is 8.42 Å². The van der Waals surface area contributed by atoms with E-state index in [4.69, 9.17) is 11.6 Å². The summed E-state index contributed by atoms with van der Waals surface area (Å²) in [5, 5.41) is 11.6. The highest BCUT2D eigenvalue weighted by Crippen LogP contribution is 2.46. The van der Waals surface area contributed by atoms with Crippen molar-refractivity contribution >= 4 is 32.8 Å². The smallest absolute Gasteiger partial charge is 0.187 e. The van der Waals surface area contributed by atoms with E-state index in [0.29, 0.717) is 17.0 Å². The Morgan fingerprint density at radius 2 is 1.48 bits per heavy atom. The van der Waals surface area contributed by atoms with Crippen LogP contribution in [0.2, 0.25) is 5.02 Å². The molecule has 0 amide bonds. The lowest BCUT2D eigenvalue weighted by atomic mass is 9.85. The Bertz CT molecular complexity index is 1120. The predicted octanol–water partition coefficient (Wildman–Crippen LogP) is 5.39. The molecule has 0 atom stereocenters. The monoisotopic (exact) mass is 432 g/mol. The van der Waals surface area contributed by atoms with E-state index in [2.05, 4.69) is 0 Å². The highest BCUT2D eigenvalue weighted by Gasteiger charge is 2.58. The lowest BCUT2D eigenvalue weighted by molar-refractivity contribution is -0.115. The lowest BCUT2D eigenvalue weighted by Crippen LogP contribution is -2.55. The molecule has 6 heteroatoms. The number of allylic oxidation sites excluding steroid dienone is 1. The van der Waals surface area contributed by atoms with Gasteiger partial charge < -0.3 is 5.11 Å². The summed E-state index contributed by atoms with van der Waals surface area (Å²) in [7, 11) is -3.94. The molecule has 29 heavy (non-hydrogen) atoms. The average molecular weight is 433 g/mol. The van der Waals surface area contributed by atoms with E-state index in [0.717, 1.165) is 16.7 Å². The van der Waals surface area contributed by atoms with Crippen LogP contribution in [0.4, 0.5) is 0 Å². The first-order chi connectivity index (χ1) is 13.4. The molecule has 0 fully saturated rings. The molecule has 0 radical (unpaired) electrons. The summed E-state index contributed by atoms with van der Waals surface area (Å²) in [6, 6.07) is 13.0. The van der Waals surface area contributed by atoms with E-state index >= 15 is 0 Å². The number of hydrogen-bond donors (Lipinski definition) is 1. The SMILES string of the molecule is CCc1ccc(-c2ccc(Cl)cc2)cc1C1=C(O)C(C)(C)S(=O)(=O)C(C)(C)C1=O. The number of aryl methyl sites for hydroxylation is 1. The number of aliphatic hydroxyl groups is 1. The number of carbonyl (C=O) groups is 1. The molecule has 154 valence electrons. The average Bonchev–Trinajstić information content (AvgIpc) is 2.67. The second-order valence-electron chi connectivity index (χ2n) is 8.31. The first kappa shape index (κ1) is 21.6. The van der Waals surface area contributed by atoms with Gasteiger partial charge >= 0.3 is 0 Å². The minimum absolute atomic E-state index is 0.0856. The third-order valence-corrected chi connectivity index (χ3v) is 9.18. The normalized spacial score (nSPS) is 20.0. The van der Waals surface area contributed by atoms with Crippen LogP contribution in [0.15, 0.2) is 48.2 Å². The first-order valence-corrected chi connectivity index (χ1v) is 11.3. The molecule has 4 nitrogen and oxygen atoms in total. The molecule has 0 bridgehead atoms. The largest absolute Gasteiger partial charge is 0.510 e. The summed E-state index contributed by atoms with van der Waals surface area (Å²) in [5.41, 5.74) is 3.28. The highest BCUT2D eigenvalue weighted by molar-refractivity contribution is 7.95. The first-order valence-electron chi connectivity index (χ1n) is 9.48. The fourth-order valence-corrected chi connectivity index (χ4v) is 5.89. The van der Waals surface area contributed by atoms with E-state index < -0.39 is 30.9 Å². The number of sulfone groups is 1. The minimum atomic E-state index is -3.94. The zero-order valence-corrected chi connectivity index (χ0v) is 18.8. The summed E-state index contributed by atoms with van der Waals surface area (Å²) in [6.45, 7) is 7.67. The Hall–Kier alpha value is -2.11. The van der Waals surface area contributed by atoms with Crippen LogP contribution in [0.25, 0.3) is 16.7 Å². The minimum Gasteiger partial charge on any atom is -0.510 e. The Morgan fingerprint density at radius 3 is 2.03 bits per heavy atom. The van der Waals surface area contributed by atoms with Crippen molar-refractivity contribution in [1.82, 2.24) is 0 Å². The van der Waals surface area contributed by atoms with Crippen LogP contribution >= 0.6 is 11.6 Å². The van der Waals surface area contributed by atoms with Crippen molar-refractivity contribution in [2.45, 2.75) is 50.5 Å². The van der Waals surface area contributed by atoms with Crippen molar-refractivity contribution in [2.24, 2.45) is 0 Å². The molecule has 1 N–H and O–H groups in total. The van der Waals surface area contributed by atoms with Crippen molar-refractivity contribution < 1.29 is 18.3 Å². The quantitative estimate of drug-likeness (QED) is 0.705. The zero-order chi connectivity index (χ0) is 21.8. The summed E-state index contributed by atoms with van der Waals surface area (Å²) >= 11 is 5.99. The molecule has 2 aromatic rings. The number of carbonyl (C=O) groups excluding carboxylic acids is 1. The Morgan fingerprint density at radius 1 is 0.931 bits per heavy atom. The molecule has 0 aliphatic carbocycles. The molecule has 3 rings (SSSR count). The Labute approximate surface area is 177 Å². The molecule has 0 saturated heterocycles. The maximum atomic E-state index is 13.3. The Balaban J connectivity index is 2.32. The van der Waals surface area contributed by atoms with Crippen molar-refractivity contribution in [1.29, 1.82) is 0 Å². The number of Topliss-reactive ketones (excluding diaryl/α,β-unsaturated/α-hetero) is 1. The number of benzene rings is 2. The fourth-order valence-electron chi connectivity index (χ4n) is 3.79. The van der Waals surface area contributed by atoms with E-state index in [1.165, 1.54) is 27.7 Å². The van der Waals surface area contributed by atoms with Gasteiger partial charge in [0.15, 0.2) is 15.6 Å². The number of hydrogen-bond acceptors (Lipinski definition) is 4. The van der Waals surface area contributed by atoms with E-state index in [1.54, 1.807) is 12.1 Å². The number of aliphatic hydroxyl groups excluding tert-OH is 1. The van der Waals surface area contributed by atoms with Crippen LogP contribution in [0.3, 0.4) is 0 Å². The second-order valence-corrected chi connectivity index (χ2v) is 11.8. The highest BCUT2D eigenvalue weighted by atomic mass is 35.5. The zero-order valence-electron chi connectivity index (χ0n) is 17.2. The van der Waals surface area contributed by atoms with Gasteiger partial charge in [-0.3, -0.25) is 4.79 Å². The summed E-state index contributed by atoms with van der Waals surface area (Å²) in [4.78, 5) is 13.3. The van der Waals surface area contributed by atoms with Gasteiger partial charge in [0.25, 0.3) is 0 Å². The van der Waals surface area contributed by atoms with Gasteiger partial charge in [0.05, 0.1) is 5.57 Å². The van der Waals surface area contributed by atoms with Crippen molar-refractivity contribution in [3.05, 3.63) is 64.4 Å². The number of halogens is 1. The molecule has 1 aliphatic rings. The van der Waals surface area contributed by atoms with Crippen LogP contribution < -0.4 is 0 Å². The third kappa shape index (κ3) is 3.11. The molecular weight excluding hydrogens is 408 g/mol. The summed E-state index contributed by atoms with van der Waals surface area (Å²) < 4.78 is 22.8. The van der Waals surface area contributed by atoms with Crippen LogP contribution in [0.5, 0.6) is 0 Å². The molecule has 0 aromatic heterocycles. The standard InChI is InChI=1S/C23H25ClO4S/c1-6-14-7-8-16(15-9-11-17(24)12-10-15)13-18(14)19-20(25)22(2,3)29(27,28)23(4,5)21(19)26/h7-13,25H,6H2,1-5H3. The number of rotatable bonds is 3. The number of ketones is 1. The predicted molar refractivity (Wildman–Crippen MR) is 118 cm³/mol. The maximum absolute atomic E-state index is 13.3. The molecule has 2 aromatic carbocycles. The maximum Gasteiger partial charge on any atom is 0.187 e. The molecule has 0 saturated carbocycles. The van der Waals surface area contributed by atoms with E-state index in [-0.39, 0.29) is 5.57 Å². The molecular formula is C23H25ClO4S. The third-order valence-electron chi connectivity index (χ3n) is 5.86. The van der Waals surface area contributed by atoms with Crippen LogP contribution in [0, 0.1) is 0 Å². The summed E-state index contributed by atoms with van der Waals surface area (Å²) in [6.07, 6.45) is 0.633. The van der Waals surface area contributed by atoms with Crippen LogP contribution in [-0.4, -0.2) is 28.8 Å². The van der Waals surface area contributed by atoms with Gasteiger partial charge in [0, 0.05) is 5.02 Å². The topological polar surface area (TPSA) is 71.4 Å². The lowest BCUT2D eigenvalue weighted by Gasteiger charge is -2.40. The van der Waals surface area contributed by atoms with Gasteiger partial charge in [-0.15, -0.1) is 0 Å². The molecule has 0 spiro atoms. The van der Waals surface area contributed by atoms with Crippen molar-refractivity contribution in [3.63, 3.8) is 0 Å². The van der Waals surface area contributed by atoms with Gasteiger partial charge in [-0.2, -0.15) is 0 Å². The van der Waals surface area contributed by atoms with Crippen molar-refractivity contribution in [3.8, 4) is 11.1 Å². The van der Waals surface area contributed by atoms with Crippen LogP contribution in [0.1, 0.15) is 45.7 Å². The van der Waals surface area contributed by atoms with Crippen LogP contribution in [-0.2, 0) is 21.1 Å². The second kappa shape index (κ2) is 6.99. The van der Waals surface area contributed by atoms with E-state index in [1.807, 2.05) is 37.3 Å². The fraction of sp³-hybridized carbons (Fsp3) is 0.348. The van der Waals surface area contributed by atoms with Gasteiger partial charge in [0.1, 0.15) is 15.3 Å². The van der Waals surface area contributed by atoms with E-state index in [9.17, 15) is 18.3 Å². The van der Waals surface area contributed by atoms with Gasteiger partial charge in [-0.05, 0) is 74.6 Å². The molecule has 1 aliphatic heterocycles. The Kier molecular flexibility index (Phi) is 5.21. The molecule has 0 unspecified atom stereocenters. The summed E-state index contributed by atoms with van der Waals surface area (Å²) in [5.74, 6) is -0.984. The van der Waals surface area contributed by atoms with Gasteiger partial charge in [0.2, 0.25) is 0 Å².